The summed E-state index contributed by atoms with van der Waals surface area (Å²) in [5, 5.41) is 3.45. The zero-order valence-corrected chi connectivity index (χ0v) is 19.8. The van der Waals surface area contributed by atoms with E-state index in [0.29, 0.717) is 6.54 Å². The van der Waals surface area contributed by atoms with Gasteiger partial charge in [0.2, 0.25) is 0 Å². The maximum atomic E-state index is 4.94. The van der Waals surface area contributed by atoms with E-state index in [9.17, 15) is 0 Å². The summed E-state index contributed by atoms with van der Waals surface area (Å²) in [6.07, 6.45) is 8.17. The number of aromatic nitrogens is 2. The SMILES string of the molecule is CCNC(=NCc1ccccc1-c1ccc(Cn2ccnc2)cc1)N1CCCC1.I. The van der Waals surface area contributed by atoms with E-state index in [1.807, 2.05) is 18.7 Å². The monoisotopic (exact) mass is 515 g/mol. The molecule has 6 heteroatoms. The number of imidazole rings is 1. The third kappa shape index (κ3) is 5.62. The van der Waals surface area contributed by atoms with Crippen molar-refractivity contribution in [2.24, 2.45) is 4.99 Å². The van der Waals surface area contributed by atoms with Gasteiger partial charge in [-0.15, -0.1) is 24.0 Å². The summed E-state index contributed by atoms with van der Waals surface area (Å²) < 4.78 is 2.08. The van der Waals surface area contributed by atoms with Crippen molar-refractivity contribution in [3.63, 3.8) is 0 Å². The van der Waals surface area contributed by atoms with E-state index in [2.05, 4.69) is 75.2 Å². The molecule has 0 atom stereocenters. The van der Waals surface area contributed by atoms with Crippen molar-refractivity contribution in [2.45, 2.75) is 32.9 Å². The lowest BCUT2D eigenvalue weighted by molar-refractivity contribution is 0.493. The molecule has 2 aromatic carbocycles. The van der Waals surface area contributed by atoms with E-state index >= 15 is 0 Å². The molecule has 1 fully saturated rings. The highest BCUT2D eigenvalue weighted by atomic mass is 127. The molecule has 1 aromatic heterocycles. The number of nitrogens with zero attached hydrogens (tertiary/aromatic N) is 4. The largest absolute Gasteiger partial charge is 0.357 e. The molecule has 5 nitrogen and oxygen atoms in total. The molecule has 4 rings (SSSR count). The Hall–Kier alpha value is -2.35. The van der Waals surface area contributed by atoms with E-state index in [1.165, 1.54) is 35.1 Å². The average molecular weight is 515 g/mol. The number of benzene rings is 2. The highest BCUT2D eigenvalue weighted by molar-refractivity contribution is 14.0. The Balaban J connectivity index is 0.00000256. The smallest absolute Gasteiger partial charge is 0.194 e. The number of likely N-dealkylation sites (tertiary alicyclic amines) is 1. The number of guanidine groups is 1. The molecular formula is C24H30IN5. The summed E-state index contributed by atoms with van der Waals surface area (Å²) in [5.74, 6) is 1.04. The van der Waals surface area contributed by atoms with Gasteiger partial charge in [-0.05, 0) is 42.0 Å². The predicted molar refractivity (Wildman–Crippen MR) is 134 cm³/mol. The minimum atomic E-state index is 0. The van der Waals surface area contributed by atoms with Gasteiger partial charge in [-0.25, -0.2) is 9.98 Å². The Bertz CT molecular complexity index is 928. The minimum absolute atomic E-state index is 0. The fraction of sp³-hybridized carbons (Fsp3) is 0.333. The van der Waals surface area contributed by atoms with Gasteiger partial charge in [0.05, 0.1) is 12.9 Å². The summed E-state index contributed by atoms with van der Waals surface area (Å²) in [6.45, 7) is 6.76. The Kier molecular flexibility index (Phi) is 8.30. The van der Waals surface area contributed by atoms with Crippen LogP contribution in [0.5, 0.6) is 0 Å². The van der Waals surface area contributed by atoms with Crippen molar-refractivity contribution in [1.29, 1.82) is 0 Å². The maximum absolute atomic E-state index is 4.94. The first-order valence-corrected chi connectivity index (χ1v) is 10.5. The van der Waals surface area contributed by atoms with E-state index in [-0.39, 0.29) is 24.0 Å². The van der Waals surface area contributed by atoms with Gasteiger partial charge in [-0.3, -0.25) is 0 Å². The van der Waals surface area contributed by atoms with Crippen LogP contribution in [0.15, 0.2) is 72.2 Å². The van der Waals surface area contributed by atoms with Crippen LogP contribution in [0.4, 0.5) is 0 Å². The van der Waals surface area contributed by atoms with Gasteiger partial charge in [0.25, 0.3) is 0 Å². The highest BCUT2D eigenvalue weighted by Crippen LogP contribution is 2.25. The Morgan fingerprint density at radius 3 is 2.53 bits per heavy atom. The molecule has 0 saturated carbocycles. The molecule has 158 valence electrons. The van der Waals surface area contributed by atoms with Crippen molar-refractivity contribution in [2.75, 3.05) is 19.6 Å². The summed E-state index contributed by atoms with van der Waals surface area (Å²) in [4.78, 5) is 11.4. The molecular weight excluding hydrogens is 485 g/mol. The highest BCUT2D eigenvalue weighted by Gasteiger charge is 2.15. The molecule has 1 saturated heterocycles. The topological polar surface area (TPSA) is 45.5 Å². The molecule has 3 aromatic rings. The molecule has 2 heterocycles. The number of hydrogen-bond donors (Lipinski definition) is 1. The molecule has 1 N–H and O–H groups in total. The zero-order valence-electron chi connectivity index (χ0n) is 17.5. The van der Waals surface area contributed by atoms with Crippen molar-refractivity contribution < 1.29 is 0 Å². The summed E-state index contributed by atoms with van der Waals surface area (Å²) in [6, 6.07) is 17.4. The summed E-state index contributed by atoms with van der Waals surface area (Å²) in [7, 11) is 0. The normalized spacial score (nSPS) is 13.9. The third-order valence-corrected chi connectivity index (χ3v) is 5.35. The summed E-state index contributed by atoms with van der Waals surface area (Å²) in [5.41, 5.74) is 5.01. The quantitative estimate of drug-likeness (QED) is 0.292. The zero-order chi connectivity index (χ0) is 19.9. The van der Waals surface area contributed by atoms with Gasteiger partial charge < -0.3 is 14.8 Å². The van der Waals surface area contributed by atoms with Crippen molar-refractivity contribution in [3.05, 3.63) is 78.4 Å². The van der Waals surface area contributed by atoms with Crippen LogP contribution in [0.1, 0.15) is 30.9 Å². The van der Waals surface area contributed by atoms with E-state index in [1.54, 1.807) is 0 Å². The van der Waals surface area contributed by atoms with Crippen molar-refractivity contribution >= 4 is 29.9 Å². The first kappa shape index (κ1) is 22.3. The Morgan fingerprint density at radius 2 is 1.83 bits per heavy atom. The lowest BCUT2D eigenvalue weighted by Gasteiger charge is -2.21. The average Bonchev–Trinajstić information content (AvgIpc) is 3.46. The van der Waals surface area contributed by atoms with Crippen LogP contribution >= 0.6 is 24.0 Å². The van der Waals surface area contributed by atoms with Crippen LogP contribution < -0.4 is 5.32 Å². The van der Waals surface area contributed by atoms with Crippen LogP contribution in [0.2, 0.25) is 0 Å². The fourth-order valence-corrected chi connectivity index (χ4v) is 3.84. The van der Waals surface area contributed by atoms with Crippen molar-refractivity contribution in [3.8, 4) is 11.1 Å². The molecule has 1 aliphatic rings. The number of halogens is 1. The number of aliphatic imine (C=N–C) groups is 1. The van der Waals surface area contributed by atoms with Crippen LogP contribution in [0, 0.1) is 0 Å². The van der Waals surface area contributed by atoms with Crippen LogP contribution in [-0.4, -0.2) is 40.0 Å². The number of hydrogen-bond acceptors (Lipinski definition) is 2. The van der Waals surface area contributed by atoms with E-state index in [4.69, 9.17) is 4.99 Å². The molecule has 0 amide bonds. The molecule has 0 unspecified atom stereocenters. The standard InChI is InChI=1S/C24H29N5.HI/c1-2-26-24(29-14-5-6-15-29)27-17-22-7-3-4-8-23(22)21-11-9-20(10-12-21)18-28-16-13-25-19-28;/h3-4,7-13,16,19H,2,5-6,14-15,17-18H2,1H3,(H,26,27);1H. The Morgan fingerprint density at radius 1 is 1.07 bits per heavy atom. The molecule has 1 aliphatic heterocycles. The van der Waals surface area contributed by atoms with Gasteiger partial charge in [0.1, 0.15) is 0 Å². The van der Waals surface area contributed by atoms with Gasteiger partial charge in [0.15, 0.2) is 5.96 Å². The van der Waals surface area contributed by atoms with E-state index < -0.39 is 0 Å². The second kappa shape index (κ2) is 11.2. The molecule has 0 radical (unpaired) electrons. The predicted octanol–water partition coefficient (Wildman–Crippen LogP) is 4.78. The van der Waals surface area contributed by atoms with Gasteiger partial charge in [-0.1, -0.05) is 48.5 Å². The second-order valence-electron chi connectivity index (χ2n) is 7.45. The fourth-order valence-electron chi connectivity index (χ4n) is 3.84. The maximum Gasteiger partial charge on any atom is 0.194 e. The molecule has 30 heavy (non-hydrogen) atoms. The lowest BCUT2D eigenvalue weighted by atomic mass is 9.98. The molecule has 0 aliphatic carbocycles. The first-order chi connectivity index (χ1) is 14.3. The van der Waals surface area contributed by atoms with Crippen molar-refractivity contribution in [1.82, 2.24) is 19.8 Å². The van der Waals surface area contributed by atoms with Crippen LogP contribution in [0.3, 0.4) is 0 Å². The number of nitrogens with one attached hydrogen (secondary N) is 1. The van der Waals surface area contributed by atoms with Crippen LogP contribution in [-0.2, 0) is 13.1 Å². The van der Waals surface area contributed by atoms with Crippen LogP contribution in [0.25, 0.3) is 11.1 Å². The number of rotatable bonds is 6. The first-order valence-electron chi connectivity index (χ1n) is 10.5. The van der Waals surface area contributed by atoms with Gasteiger partial charge in [0, 0.05) is 38.6 Å². The summed E-state index contributed by atoms with van der Waals surface area (Å²) >= 11 is 0. The molecule has 0 bridgehead atoms. The van der Waals surface area contributed by atoms with Gasteiger partial charge >= 0.3 is 0 Å². The Labute approximate surface area is 196 Å². The minimum Gasteiger partial charge on any atom is -0.357 e. The second-order valence-corrected chi connectivity index (χ2v) is 7.45. The van der Waals surface area contributed by atoms with E-state index in [0.717, 1.165) is 32.1 Å². The van der Waals surface area contributed by atoms with Gasteiger partial charge in [-0.2, -0.15) is 0 Å². The lowest BCUT2D eigenvalue weighted by Crippen LogP contribution is -2.39. The molecule has 0 spiro atoms. The third-order valence-electron chi connectivity index (χ3n) is 5.35.